The maximum absolute atomic E-state index is 13.5. The van der Waals surface area contributed by atoms with Gasteiger partial charge in [0.15, 0.2) is 0 Å². The normalized spacial score (nSPS) is 23.4. The molecule has 0 radical (unpaired) electrons. The monoisotopic (exact) mass is 740 g/mol. The van der Waals surface area contributed by atoms with Gasteiger partial charge in [-0.1, -0.05) is 62.4 Å². The molecule has 290 valence electrons. The van der Waals surface area contributed by atoms with E-state index in [1.165, 1.54) is 7.11 Å². The summed E-state index contributed by atoms with van der Waals surface area (Å²) in [6.45, 7) is 9.21. The number of amides is 3. The molecule has 13 nitrogen and oxygen atoms in total. The lowest BCUT2D eigenvalue weighted by molar-refractivity contribution is -0.134. The van der Waals surface area contributed by atoms with Gasteiger partial charge in [0, 0.05) is 38.6 Å². The van der Waals surface area contributed by atoms with Crippen LogP contribution in [0.5, 0.6) is 0 Å². The minimum absolute atomic E-state index is 0.0140. The first-order chi connectivity index (χ1) is 26.1. The van der Waals surface area contributed by atoms with Crippen molar-refractivity contribution in [2.24, 2.45) is 21.6 Å². The molecule has 0 saturated carbocycles. The number of amidine groups is 1. The molecule has 2 aromatic carbocycles. The molecule has 4 aliphatic heterocycles. The number of hydrogen-bond acceptors (Lipinski definition) is 10. The van der Waals surface area contributed by atoms with Crippen molar-refractivity contribution in [1.82, 2.24) is 25.8 Å². The molecule has 5 N–H and O–H groups in total. The topological polar surface area (TPSA) is 163 Å². The quantitative estimate of drug-likeness (QED) is 0.235. The molecule has 3 unspecified atom stereocenters. The molecule has 5 atom stereocenters. The van der Waals surface area contributed by atoms with Crippen molar-refractivity contribution < 1.29 is 23.9 Å². The highest BCUT2D eigenvalue weighted by atomic mass is 16.5. The van der Waals surface area contributed by atoms with Gasteiger partial charge in [-0.2, -0.15) is 0 Å². The first-order valence-corrected chi connectivity index (χ1v) is 19.4. The lowest BCUT2D eigenvalue weighted by Gasteiger charge is -2.31. The molecule has 0 aliphatic carbocycles. The number of methoxy groups -OCH3 is 1. The Hall–Kier alpha value is -4.75. The minimum Gasteiger partial charge on any atom is -0.453 e. The first-order valence-electron chi connectivity index (χ1n) is 19.4. The molecule has 3 saturated heterocycles. The van der Waals surface area contributed by atoms with Crippen molar-refractivity contribution in [3.05, 3.63) is 65.9 Å². The predicted molar refractivity (Wildman–Crippen MR) is 211 cm³/mol. The fraction of sp³-hybridized carbons (Fsp3) is 0.537. The fourth-order valence-electron chi connectivity index (χ4n) is 7.86. The van der Waals surface area contributed by atoms with Crippen molar-refractivity contribution in [2.45, 2.75) is 95.5 Å². The zero-order chi connectivity index (χ0) is 38.2. The van der Waals surface area contributed by atoms with Crippen molar-refractivity contribution in [3.63, 3.8) is 0 Å². The number of carbonyl (C=O) groups is 3. The van der Waals surface area contributed by atoms with Crippen LogP contribution in [-0.2, 0) is 19.1 Å². The van der Waals surface area contributed by atoms with Crippen LogP contribution in [0.4, 0.5) is 4.79 Å². The van der Waals surface area contributed by atoms with Gasteiger partial charge in [0.25, 0.3) is 0 Å². The van der Waals surface area contributed by atoms with Crippen LogP contribution in [0.3, 0.4) is 0 Å². The van der Waals surface area contributed by atoms with E-state index in [0.717, 1.165) is 86.4 Å². The number of nitrogens with two attached hydrogens (primary N) is 1. The van der Waals surface area contributed by atoms with E-state index in [0.29, 0.717) is 24.8 Å². The van der Waals surface area contributed by atoms with E-state index < -0.39 is 12.1 Å². The van der Waals surface area contributed by atoms with Crippen LogP contribution in [0.15, 0.2) is 64.7 Å². The van der Waals surface area contributed by atoms with Crippen LogP contribution >= 0.6 is 0 Å². The molecule has 6 rings (SSSR count). The van der Waals surface area contributed by atoms with Crippen molar-refractivity contribution in [1.29, 1.82) is 0 Å². The third kappa shape index (κ3) is 9.30. The summed E-state index contributed by atoms with van der Waals surface area (Å²) in [6, 6.07) is 15.8. The summed E-state index contributed by atoms with van der Waals surface area (Å²) in [6.07, 6.45) is 8.32. The minimum atomic E-state index is -0.663. The van der Waals surface area contributed by atoms with Gasteiger partial charge in [-0.15, -0.1) is 0 Å². The van der Waals surface area contributed by atoms with Crippen LogP contribution in [0.2, 0.25) is 0 Å². The predicted octanol–water partition coefficient (Wildman–Crippen LogP) is 4.24. The third-order valence-corrected chi connectivity index (χ3v) is 11.0. The van der Waals surface area contributed by atoms with E-state index in [4.69, 9.17) is 20.2 Å². The van der Waals surface area contributed by atoms with Crippen molar-refractivity contribution in [2.75, 3.05) is 40.0 Å². The Balaban J connectivity index is 1.01. The maximum Gasteiger partial charge on any atom is 0.407 e. The summed E-state index contributed by atoms with van der Waals surface area (Å²) >= 11 is 0. The first kappa shape index (κ1) is 39.0. The number of likely N-dealkylation sites (tertiary alicyclic amines) is 2. The smallest absolute Gasteiger partial charge is 0.407 e. The molecule has 4 heterocycles. The third-order valence-electron chi connectivity index (χ3n) is 11.0. The van der Waals surface area contributed by atoms with Gasteiger partial charge in [-0.3, -0.25) is 19.6 Å². The van der Waals surface area contributed by atoms with E-state index in [-0.39, 0.29) is 41.9 Å². The van der Waals surface area contributed by atoms with E-state index in [1.807, 2.05) is 48.9 Å². The van der Waals surface area contributed by atoms with E-state index in [1.54, 1.807) is 6.20 Å². The highest BCUT2D eigenvalue weighted by molar-refractivity contribution is 5.95. The Labute approximate surface area is 318 Å². The number of nitrogens with zero attached hydrogens (tertiary/aromatic N) is 4. The second kappa shape index (κ2) is 18.1. The van der Waals surface area contributed by atoms with Gasteiger partial charge in [0.2, 0.25) is 11.8 Å². The van der Waals surface area contributed by atoms with Gasteiger partial charge in [0.1, 0.15) is 11.9 Å². The average Bonchev–Trinajstić information content (AvgIpc) is 3.98. The van der Waals surface area contributed by atoms with Crippen molar-refractivity contribution in [3.8, 4) is 11.1 Å². The molecule has 0 spiro atoms. The second-order valence-electron chi connectivity index (χ2n) is 15.1. The Morgan fingerprint density at radius 2 is 1.61 bits per heavy atom. The number of hydrogen-bond donors (Lipinski definition) is 4. The van der Waals surface area contributed by atoms with Crippen LogP contribution in [0.1, 0.15) is 76.5 Å². The molecular weight excluding hydrogens is 685 g/mol. The largest absolute Gasteiger partial charge is 0.453 e. The standard InChI is InChI=1S/C41H56N8O5/c1-26(2)37(47-41(52)53-4)40(51)49-20-6-8-36(49)38-44-25-35(46-38)31-15-11-29(12-16-31)28-9-13-30(14-10-28)34(42)24-43-23-33-7-5-19-48(33)39(50)27(3)45-32-17-21-54-22-18-32/h9-16,23-24,26-27,32-33,35-37,45H,5-8,17-22,25,42H2,1-4H3,(H,44,46)(H,47,52)/b34-24-,43-23?/t27-,33?,35?,36?,37+/m1/s1. The molecule has 3 amide bonds. The van der Waals surface area contributed by atoms with E-state index >= 15 is 0 Å². The molecule has 3 fully saturated rings. The molecule has 54 heavy (non-hydrogen) atoms. The number of nitrogens with one attached hydrogen (secondary N) is 3. The van der Waals surface area contributed by atoms with Gasteiger partial charge in [-0.25, -0.2) is 4.79 Å². The Morgan fingerprint density at radius 3 is 2.30 bits per heavy atom. The van der Waals surface area contributed by atoms with Gasteiger partial charge >= 0.3 is 6.09 Å². The van der Waals surface area contributed by atoms with Crippen LogP contribution < -0.4 is 21.7 Å². The lowest BCUT2D eigenvalue weighted by Crippen LogP contribution is -2.54. The molecule has 2 aromatic rings. The number of aliphatic imine (C=N–C) groups is 2. The van der Waals surface area contributed by atoms with Gasteiger partial charge < -0.3 is 41.0 Å². The van der Waals surface area contributed by atoms with Crippen molar-refractivity contribution >= 4 is 35.7 Å². The second-order valence-corrected chi connectivity index (χ2v) is 15.1. The zero-order valence-corrected chi connectivity index (χ0v) is 32.0. The molecule has 13 heteroatoms. The molecule has 4 aliphatic rings. The number of benzene rings is 2. The number of alkyl carbamates (subject to hydrolysis) is 1. The maximum atomic E-state index is 13.5. The lowest BCUT2D eigenvalue weighted by atomic mass is 9.99. The summed E-state index contributed by atoms with van der Waals surface area (Å²) in [7, 11) is 1.30. The summed E-state index contributed by atoms with van der Waals surface area (Å²) in [5.74, 6) is 0.742. The highest BCUT2D eigenvalue weighted by Crippen LogP contribution is 2.28. The van der Waals surface area contributed by atoms with Crippen LogP contribution in [-0.4, -0.2) is 110 Å². The zero-order valence-electron chi connectivity index (χ0n) is 32.0. The summed E-state index contributed by atoms with van der Waals surface area (Å²) < 4.78 is 10.2. The summed E-state index contributed by atoms with van der Waals surface area (Å²) in [4.78, 5) is 51.8. The molecular formula is C41H56N8O5. The van der Waals surface area contributed by atoms with Crippen LogP contribution in [0.25, 0.3) is 16.8 Å². The van der Waals surface area contributed by atoms with Crippen LogP contribution in [0, 0.1) is 5.92 Å². The van der Waals surface area contributed by atoms with E-state index in [2.05, 4.69) is 57.3 Å². The van der Waals surface area contributed by atoms with Gasteiger partial charge in [-0.05, 0) is 73.6 Å². The number of carbonyl (C=O) groups excluding carboxylic acids is 3. The highest BCUT2D eigenvalue weighted by Gasteiger charge is 2.39. The Bertz CT molecular complexity index is 1700. The summed E-state index contributed by atoms with van der Waals surface area (Å²) in [5.41, 5.74) is 11.1. The fourth-order valence-corrected chi connectivity index (χ4v) is 7.86. The SMILES string of the molecule is COC(=O)N[C@H](C(=O)N1CCCC1C1=NCC(c2ccc(-c3ccc(/C(N)=C/N=CC4CCCN4C(=O)[C@@H](C)NC4CCOCC4)cc3)cc2)N1)C(C)C. The number of rotatable bonds is 12. The molecule has 0 aromatic heterocycles. The number of ether oxygens (including phenoxy) is 2. The Morgan fingerprint density at radius 1 is 0.944 bits per heavy atom. The van der Waals surface area contributed by atoms with E-state index in [9.17, 15) is 14.4 Å². The molecule has 0 bridgehead atoms. The average molecular weight is 741 g/mol. The Kier molecular flexibility index (Phi) is 13.0. The summed E-state index contributed by atoms with van der Waals surface area (Å²) in [5, 5.41) is 9.78. The van der Waals surface area contributed by atoms with Gasteiger partial charge in [0.05, 0.1) is 49.7 Å².